The van der Waals surface area contributed by atoms with Gasteiger partial charge in [-0.3, -0.25) is 0 Å². The first kappa shape index (κ1) is 15.9. The van der Waals surface area contributed by atoms with Crippen LogP contribution in [0.5, 0.6) is 5.75 Å². The number of hydrogen-bond donors (Lipinski definition) is 1. The normalized spacial score (nSPS) is 10.9. The van der Waals surface area contributed by atoms with E-state index in [1.165, 1.54) is 11.1 Å². The van der Waals surface area contributed by atoms with E-state index in [2.05, 4.69) is 37.4 Å². The Morgan fingerprint density at radius 1 is 1.05 bits per heavy atom. The van der Waals surface area contributed by atoms with Gasteiger partial charge in [-0.2, -0.15) is 0 Å². The van der Waals surface area contributed by atoms with E-state index in [1.54, 1.807) is 0 Å². The van der Waals surface area contributed by atoms with Crippen molar-refractivity contribution in [3.05, 3.63) is 64.7 Å². The largest absolute Gasteiger partial charge is 0.489 e. The summed E-state index contributed by atoms with van der Waals surface area (Å²) in [6.45, 7) is 6.86. The molecule has 0 saturated heterocycles. The SMILES string of the molecule is CC(C)CNCc1ccccc1COc1cccc(Cl)c1. The summed E-state index contributed by atoms with van der Waals surface area (Å²) in [6.07, 6.45) is 0. The number of halogens is 1. The van der Waals surface area contributed by atoms with Crippen LogP contribution in [0.1, 0.15) is 25.0 Å². The van der Waals surface area contributed by atoms with Gasteiger partial charge in [0.05, 0.1) is 0 Å². The van der Waals surface area contributed by atoms with Crippen molar-refractivity contribution in [2.45, 2.75) is 27.0 Å². The maximum atomic E-state index is 5.97. The molecule has 0 spiro atoms. The summed E-state index contributed by atoms with van der Waals surface area (Å²) in [5.74, 6) is 1.45. The molecule has 2 rings (SSSR count). The van der Waals surface area contributed by atoms with Crippen molar-refractivity contribution < 1.29 is 4.74 Å². The summed E-state index contributed by atoms with van der Waals surface area (Å²) in [5, 5.41) is 4.17. The Labute approximate surface area is 132 Å². The van der Waals surface area contributed by atoms with Gasteiger partial charge in [-0.25, -0.2) is 0 Å². The van der Waals surface area contributed by atoms with Crippen molar-refractivity contribution >= 4 is 11.6 Å². The number of nitrogens with one attached hydrogen (secondary N) is 1. The minimum atomic E-state index is 0.555. The molecule has 2 aromatic carbocycles. The minimum absolute atomic E-state index is 0.555. The molecule has 21 heavy (non-hydrogen) atoms. The molecule has 2 nitrogen and oxygen atoms in total. The van der Waals surface area contributed by atoms with Crippen LogP contribution < -0.4 is 10.1 Å². The quantitative estimate of drug-likeness (QED) is 0.803. The van der Waals surface area contributed by atoms with Gasteiger partial charge in [-0.05, 0) is 41.8 Å². The summed E-state index contributed by atoms with van der Waals surface area (Å²) >= 11 is 5.97. The van der Waals surface area contributed by atoms with Gasteiger partial charge in [-0.1, -0.05) is 55.8 Å². The van der Waals surface area contributed by atoms with Gasteiger partial charge in [0.1, 0.15) is 12.4 Å². The van der Waals surface area contributed by atoms with E-state index >= 15 is 0 Å². The highest BCUT2D eigenvalue weighted by Gasteiger charge is 2.03. The summed E-state index contributed by atoms with van der Waals surface area (Å²) in [6, 6.07) is 15.9. The van der Waals surface area contributed by atoms with Gasteiger partial charge < -0.3 is 10.1 Å². The molecule has 0 fully saturated rings. The fourth-order valence-corrected chi connectivity index (χ4v) is 2.26. The smallest absolute Gasteiger partial charge is 0.121 e. The van der Waals surface area contributed by atoms with Gasteiger partial charge in [0, 0.05) is 11.6 Å². The van der Waals surface area contributed by atoms with Crippen LogP contribution in [-0.4, -0.2) is 6.54 Å². The lowest BCUT2D eigenvalue weighted by atomic mass is 10.1. The van der Waals surface area contributed by atoms with Crippen molar-refractivity contribution in [3.63, 3.8) is 0 Å². The molecule has 1 N–H and O–H groups in total. The van der Waals surface area contributed by atoms with Crippen molar-refractivity contribution in [3.8, 4) is 5.75 Å². The molecule has 0 radical (unpaired) electrons. The standard InChI is InChI=1S/C18H22ClNO/c1-14(2)11-20-12-15-6-3-4-7-16(15)13-21-18-9-5-8-17(19)10-18/h3-10,14,20H,11-13H2,1-2H3. The van der Waals surface area contributed by atoms with E-state index < -0.39 is 0 Å². The Morgan fingerprint density at radius 3 is 2.52 bits per heavy atom. The van der Waals surface area contributed by atoms with Crippen LogP contribution in [0.2, 0.25) is 5.02 Å². The monoisotopic (exact) mass is 303 g/mol. The number of rotatable bonds is 7. The minimum Gasteiger partial charge on any atom is -0.489 e. The van der Waals surface area contributed by atoms with E-state index in [0.717, 1.165) is 18.8 Å². The van der Waals surface area contributed by atoms with Gasteiger partial charge in [0.15, 0.2) is 0 Å². The third-order valence-electron chi connectivity index (χ3n) is 3.18. The Hall–Kier alpha value is -1.51. The van der Waals surface area contributed by atoms with E-state index in [-0.39, 0.29) is 0 Å². The molecule has 0 unspecified atom stereocenters. The number of benzene rings is 2. The van der Waals surface area contributed by atoms with Crippen LogP contribution in [0, 0.1) is 5.92 Å². The average molecular weight is 304 g/mol. The van der Waals surface area contributed by atoms with E-state index in [9.17, 15) is 0 Å². The Bertz CT molecular complexity index is 569. The highest BCUT2D eigenvalue weighted by Crippen LogP contribution is 2.19. The number of ether oxygens (including phenoxy) is 1. The van der Waals surface area contributed by atoms with Gasteiger partial charge in [0.2, 0.25) is 0 Å². The zero-order valence-electron chi connectivity index (χ0n) is 12.6. The fourth-order valence-electron chi connectivity index (χ4n) is 2.08. The summed E-state index contributed by atoms with van der Waals surface area (Å²) in [7, 11) is 0. The molecule has 0 aliphatic carbocycles. The van der Waals surface area contributed by atoms with Crippen LogP contribution >= 0.6 is 11.6 Å². The third-order valence-corrected chi connectivity index (χ3v) is 3.41. The highest BCUT2D eigenvalue weighted by molar-refractivity contribution is 6.30. The van der Waals surface area contributed by atoms with Crippen molar-refractivity contribution in [1.82, 2.24) is 5.32 Å². The molecule has 112 valence electrons. The predicted molar refractivity (Wildman–Crippen MR) is 88.8 cm³/mol. The van der Waals surface area contributed by atoms with Gasteiger partial charge in [-0.15, -0.1) is 0 Å². The van der Waals surface area contributed by atoms with Crippen molar-refractivity contribution in [2.24, 2.45) is 5.92 Å². The maximum absolute atomic E-state index is 5.97. The lowest BCUT2D eigenvalue weighted by molar-refractivity contribution is 0.304. The zero-order valence-corrected chi connectivity index (χ0v) is 13.4. The molecular formula is C18H22ClNO. The predicted octanol–water partition coefficient (Wildman–Crippen LogP) is 4.66. The van der Waals surface area contributed by atoms with Gasteiger partial charge in [0.25, 0.3) is 0 Å². The molecular weight excluding hydrogens is 282 g/mol. The molecule has 0 amide bonds. The molecule has 0 saturated carbocycles. The second kappa shape index (κ2) is 8.06. The van der Waals surface area contributed by atoms with Crippen molar-refractivity contribution in [2.75, 3.05) is 6.54 Å². The molecule has 0 aliphatic rings. The Balaban J connectivity index is 1.96. The molecule has 0 aliphatic heterocycles. The molecule has 0 heterocycles. The first-order valence-corrected chi connectivity index (χ1v) is 7.69. The van der Waals surface area contributed by atoms with E-state index in [1.807, 2.05) is 30.3 Å². The van der Waals surface area contributed by atoms with Gasteiger partial charge >= 0.3 is 0 Å². The first-order chi connectivity index (χ1) is 10.1. The summed E-state index contributed by atoms with van der Waals surface area (Å²) in [4.78, 5) is 0. The molecule has 3 heteroatoms. The van der Waals surface area contributed by atoms with Crippen molar-refractivity contribution in [1.29, 1.82) is 0 Å². The van der Waals surface area contributed by atoms with Crippen LogP contribution in [0.25, 0.3) is 0 Å². The van der Waals surface area contributed by atoms with Crippen LogP contribution in [0.3, 0.4) is 0 Å². The lowest BCUT2D eigenvalue weighted by Crippen LogP contribution is -2.20. The Morgan fingerprint density at radius 2 is 1.81 bits per heavy atom. The van der Waals surface area contributed by atoms with E-state index in [0.29, 0.717) is 17.5 Å². The fraction of sp³-hybridized carbons (Fsp3) is 0.333. The lowest BCUT2D eigenvalue weighted by Gasteiger charge is -2.13. The first-order valence-electron chi connectivity index (χ1n) is 7.31. The second-order valence-corrected chi connectivity index (χ2v) is 5.98. The number of hydrogen-bond acceptors (Lipinski definition) is 2. The topological polar surface area (TPSA) is 21.3 Å². The molecule has 0 aromatic heterocycles. The summed E-state index contributed by atoms with van der Waals surface area (Å²) < 4.78 is 5.83. The van der Waals surface area contributed by atoms with E-state index in [4.69, 9.17) is 16.3 Å². The molecule has 0 bridgehead atoms. The summed E-state index contributed by atoms with van der Waals surface area (Å²) in [5.41, 5.74) is 2.48. The average Bonchev–Trinajstić information content (AvgIpc) is 2.46. The molecule has 2 aromatic rings. The van der Waals surface area contributed by atoms with Crippen LogP contribution in [0.15, 0.2) is 48.5 Å². The Kier molecular flexibility index (Phi) is 6.09. The zero-order chi connectivity index (χ0) is 15.1. The van der Waals surface area contributed by atoms with Crippen LogP contribution in [-0.2, 0) is 13.2 Å². The molecule has 0 atom stereocenters. The third kappa shape index (κ3) is 5.41. The maximum Gasteiger partial charge on any atom is 0.121 e. The highest BCUT2D eigenvalue weighted by atomic mass is 35.5. The second-order valence-electron chi connectivity index (χ2n) is 5.54. The van der Waals surface area contributed by atoms with Crippen LogP contribution in [0.4, 0.5) is 0 Å².